The Morgan fingerprint density at radius 3 is 3.16 bits per heavy atom. The van der Waals surface area contributed by atoms with Gasteiger partial charge in [0.15, 0.2) is 0 Å². The average Bonchev–Trinajstić information content (AvgIpc) is 2.96. The molecule has 1 saturated heterocycles. The van der Waals surface area contributed by atoms with Gasteiger partial charge in [-0.25, -0.2) is 4.98 Å². The summed E-state index contributed by atoms with van der Waals surface area (Å²) in [6, 6.07) is 1.85. The maximum Gasteiger partial charge on any atom is 0.110 e. The van der Waals surface area contributed by atoms with E-state index >= 15 is 0 Å². The molecular formula is C14H17ClN4. The molecular weight excluding hydrogens is 260 g/mol. The van der Waals surface area contributed by atoms with Crippen LogP contribution in [0.4, 0.5) is 0 Å². The van der Waals surface area contributed by atoms with Gasteiger partial charge in [-0.2, -0.15) is 0 Å². The van der Waals surface area contributed by atoms with Crippen molar-refractivity contribution >= 4 is 11.6 Å². The molecule has 0 aliphatic carbocycles. The molecule has 3 rings (SSSR count). The van der Waals surface area contributed by atoms with Gasteiger partial charge in [0.05, 0.1) is 0 Å². The smallest absolute Gasteiger partial charge is 0.110 e. The number of nitrogens with one attached hydrogen (secondary N) is 1. The lowest BCUT2D eigenvalue weighted by Crippen LogP contribution is -2.34. The number of imidazole rings is 1. The number of hydrogen-bond donors (Lipinski definition) is 1. The Morgan fingerprint density at radius 2 is 2.37 bits per heavy atom. The van der Waals surface area contributed by atoms with Crippen LogP contribution < -0.4 is 0 Å². The molecule has 19 heavy (non-hydrogen) atoms. The van der Waals surface area contributed by atoms with Gasteiger partial charge in [-0.3, -0.25) is 9.88 Å². The van der Waals surface area contributed by atoms with Crippen LogP contribution in [-0.4, -0.2) is 32.9 Å². The van der Waals surface area contributed by atoms with Crippen LogP contribution in [0.15, 0.2) is 30.9 Å². The predicted octanol–water partition coefficient (Wildman–Crippen LogP) is 2.84. The third kappa shape index (κ3) is 2.96. The second kappa shape index (κ2) is 5.72. The molecule has 0 aromatic carbocycles. The summed E-state index contributed by atoms with van der Waals surface area (Å²) in [6.07, 6.45) is 9.71. The number of nitrogens with zero attached hydrogens (tertiary/aromatic N) is 3. The van der Waals surface area contributed by atoms with Crippen molar-refractivity contribution in [2.45, 2.75) is 25.3 Å². The number of aromatic amines is 1. The highest BCUT2D eigenvalue weighted by Crippen LogP contribution is 2.26. The summed E-state index contributed by atoms with van der Waals surface area (Å²) in [5.41, 5.74) is 1.10. The van der Waals surface area contributed by atoms with Crippen molar-refractivity contribution in [1.82, 2.24) is 19.9 Å². The van der Waals surface area contributed by atoms with Gasteiger partial charge < -0.3 is 4.98 Å². The molecule has 0 spiro atoms. The molecule has 2 aromatic heterocycles. The Hall–Kier alpha value is -1.39. The highest BCUT2D eigenvalue weighted by molar-refractivity contribution is 6.31. The van der Waals surface area contributed by atoms with E-state index in [9.17, 15) is 0 Å². The van der Waals surface area contributed by atoms with E-state index in [1.807, 2.05) is 24.7 Å². The summed E-state index contributed by atoms with van der Waals surface area (Å²) in [6.45, 7) is 3.01. The van der Waals surface area contributed by atoms with Crippen LogP contribution in [0.25, 0.3) is 0 Å². The van der Waals surface area contributed by atoms with Gasteiger partial charge in [0, 0.05) is 54.4 Å². The van der Waals surface area contributed by atoms with Crippen LogP contribution in [0.2, 0.25) is 5.02 Å². The zero-order valence-corrected chi connectivity index (χ0v) is 11.5. The number of aromatic nitrogens is 3. The fraction of sp³-hybridized carbons (Fsp3) is 0.429. The van der Waals surface area contributed by atoms with E-state index in [0.29, 0.717) is 5.92 Å². The molecule has 3 heterocycles. The van der Waals surface area contributed by atoms with Crippen molar-refractivity contribution in [1.29, 1.82) is 0 Å². The monoisotopic (exact) mass is 276 g/mol. The Bertz CT molecular complexity index is 526. The minimum Gasteiger partial charge on any atom is -0.348 e. The predicted molar refractivity (Wildman–Crippen MR) is 75.1 cm³/mol. The molecule has 1 aliphatic heterocycles. The molecule has 4 nitrogen and oxygen atoms in total. The van der Waals surface area contributed by atoms with E-state index in [1.165, 1.54) is 12.8 Å². The van der Waals surface area contributed by atoms with Crippen LogP contribution in [0, 0.1) is 0 Å². The van der Waals surface area contributed by atoms with Crippen LogP contribution in [0.3, 0.4) is 0 Å². The van der Waals surface area contributed by atoms with E-state index in [2.05, 4.69) is 19.9 Å². The first-order valence-electron chi connectivity index (χ1n) is 6.63. The van der Waals surface area contributed by atoms with Gasteiger partial charge in [-0.05, 0) is 25.5 Å². The summed E-state index contributed by atoms with van der Waals surface area (Å²) in [5.74, 6) is 1.60. The number of hydrogen-bond acceptors (Lipinski definition) is 3. The van der Waals surface area contributed by atoms with Gasteiger partial charge in [-0.1, -0.05) is 11.6 Å². The summed E-state index contributed by atoms with van der Waals surface area (Å²) >= 11 is 6.19. The molecule has 100 valence electrons. The largest absolute Gasteiger partial charge is 0.348 e. The van der Waals surface area contributed by atoms with E-state index in [-0.39, 0.29) is 0 Å². The number of halogens is 1. The van der Waals surface area contributed by atoms with E-state index in [4.69, 9.17) is 11.6 Å². The lowest BCUT2D eigenvalue weighted by molar-refractivity contribution is 0.197. The molecule has 1 atom stereocenters. The highest BCUT2D eigenvalue weighted by Gasteiger charge is 2.23. The number of pyridine rings is 1. The first-order valence-corrected chi connectivity index (χ1v) is 7.01. The maximum absolute atomic E-state index is 6.19. The molecule has 0 radical (unpaired) electrons. The quantitative estimate of drug-likeness (QED) is 0.938. The van der Waals surface area contributed by atoms with Gasteiger partial charge in [0.1, 0.15) is 5.82 Å². The number of H-pyrrole nitrogens is 1. The molecule has 2 aromatic rings. The Labute approximate surface area is 117 Å². The van der Waals surface area contributed by atoms with Gasteiger partial charge >= 0.3 is 0 Å². The third-order valence-electron chi connectivity index (χ3n) is 3.65. The van der Waals surface area contributed by atoms with E-state index in [1.54, 1.807) is 6.20 Å². The van der Waals surface area contributed by atoms with Crippen LogP contribution in [0.1, 0.15) is 30.1 Å². The Kier molecular flexibility index (Phi) is 3.80. The van der Waals surface area contributed by atoms with Crippen LogP contribution >= 0.6 is 11.6 Å². The first-order chi connectivity index (χ1) is 9.33. The normalized spacial score (nSPS) is 20.6. The van der Waals surface area contributed by atoms with Gasteiger partial charge in [0.2, 0.25) is 0 Å². The number of likely N-dealkylation sites (tertiary alicyclic amines) is 1. The van der Waals surface area contributed by atoms with Gasteiger partial charge in [0.25, 0.3) is 0 Å². The molecule has 1 N–H and O–H groups in total. The molecule has 1 fully saturated rings. The fourth-order valence-electron chi connectivity index (χ4n) is 2.69. The summed E-state index contributed by atoms with van der Waals surface area (Å²) in [5, 5.41) is 0.801. The van der Waals surface area contributed by atoms with Crippen molar-refractivity contribution in [3.63, 3.8) is 0 Å². The van der Waals surface area contributed by atoms with Crippen molar-refractivity contribution in [3.05, 3.63) is 47.3 Å². The standard InChI is InChI=1S/C14H17ClN4/c15-13-3-4-16-8-12(13)10-19-7-1-2-11(9-19)14-17-5-6-18-14/h3-6,8,11H,1-2,7,9-10H2,(H,17,18)/t11-/m0/s1. The summed E-state index contributed by atoms with van der Waals surface area (Å²) < 4.78 is 0. The molecule has 0 unspecified atom stereocenters. The minimum absolute atomic E-state index is 0.499. The highest BCUT2D eigenvalue weighted by atomic mass is 35.5. The molecule has 5 heteroatoms. The second-order valence-corrected chi connectivity index (χ2v) is 5.42. The van der Waals surface area contributed by atoms with Crippen molar-refractivity contribution in [2.75, 3.05) is 13.1 Å². The first kappa shape index (κ1) is 12.6. The van der Waals surface area contributed by atoms with E-state index in [0.717, 1.165) is 36.0 Å². The lowest BCUT2D eigenvalue weighted by Gasteiger charge is -2.31. The zero-order chi connectivity index (χ0) is 13.1. The second-order valence-electron chi connectivity index (χ2n) is 5.02. The number of piperidine rings is 1. The van der Waals surface area contributed by atoms with Gasteiger partial charge in [-0.15, -0.1) is 0 Å². The summed E-state index contributed by atoms with van der Waals surface area (Å²) in [7, 11) is 0. The van der Waals surface area contributed by atoms with Crippen molar-refractivity contribution in [2.24, 2.45) is 0 Å². The van der Waals surface area contributed by atoms with Crippen molar-refractivity contribution < 1.29 is 0 Å². The Morgan fingerprint density at radius 1 is 1.42 bits per heavy atom. The molecule has 0 bridgehead atoms. The summed E-state index contributed by atoms with van der Waals surface area (Å²) in [4.78, 5) is 14.2. The number of rotatable bonds is 3. The SMILES string of the molecule is Clc1ccncc1CN1CCC[C@H](c2ncc[nH]2)C1. The lowest BCUT2D eigenvalue weighted by atomic mass is 9.97. The van der Waals surface area contributed by atoms with Crippen molar-refractivity contribution in [3.8, 4) is 0 Å². The third-order valence-corrected chi connectivity index (χ3v) is 4.02. The molecule has 1 aliphatic rings. The fourth-order valence-corrected chi connectivity index (χ4v) is 2.86. The average molecular weight is 277 g/mol. The topological polar surface area (TPSA) is 44.8 Å². The maximum atomic E-state index is 6.19. The minimum atomic E-state index is 0.499. The van der Waals surface area contributed by atoms with Crippen LogP contribution in [-0.2, 0) is 6.54 Å². The van der Waals surface area contributed by atoms with E-state index < -0.39 is 0 Å². The molecule has 0 amide bonds. The van der Waals surface area contributed by atoms with Crippen LogP contribution in [0.5, 0.6) is 0 Å². The Balaban J connectivity index is 1.67. The zero-order valence-electron chi connectivity index (χ0n) is 10.7. The molecule has 0 saturated carbocycles.